The summed E-state index contributed by atoms with van der Waals surface area (Å²) in [7, 11) is 0. The van der Waals surface area contributed by atoms with E-state index in [1.54, 1.807) is 0 Å². The van der Waals surface area contributed by atoms with Crippen molar-refractivity contribution in [2.75, 3.05) is 12.3 Å². The van der Waals surface area contributed by atoms with Crippen LogP contribution in [0.15, 0.2) is 24.3 Å². The molecule has 0 saturated carbocycles. The highest BCUT2D eigenvalue weighted by molar-refractivity contribution is 7.94. The molecule has 0 unspecified atom stereocenters. The summed E-state index contributed by atoms with van der Waals surface area (Å²) in [6.45, 7) is 6.94. The lowest BCUT2D eigenvalue weighted by Gasteiger charge is -2.03. The van der Waals surface area contributed by atoms with Gasteiger partial charge in [-0.1, -0.05) is 32.0 Å². The Morgan fingerprint density at radius 1 is 1.33 bits per heavy atom. The SMILES string of the molecule is CC.CC1=[N+](CCSOO[O-])c2ccccc2C1. The van der Waals surface area contributed by atoms with E-state index in [0.29, 0.717) is 5.75 Å². The molecule has 2 rings (SSSR count). The van der Waals surface area contributed by atoms with Crippen LogP contribution in [0.3, 0.4) is 0 Å². The van der Waals surface area contributed by atoms with Gasteiger partial charge < -0.3 is 5.26 Å². The summed E-state index contributed by atoms with van der Waals surface area (Å²) in [5.74, 6) is 0.688. The minimum absolute atomic E-state index is 0.688. The van der Waals surface area contributed by atoms with Crippen LogP contribution in [-0.4, -0.2) is 22.6 Å². The Kier molecular flexibility index (Phi) is 6.97. The molecule has 1 aliphatic heterocycles. The lowest BCUT2D eigenvalue weighted by molar-refractivity contribution is -0.777. The Bertz CT molecular complexity index is 407. The van der Waals surface area contributed by atoms with Gasteiger partial charge in [-0.05, 0) is 0 Å². The summed E-state index contributed by atoms with van der Waals surface area (Å²) in [6, 6.07) is 8.35. The van der Waals surface area contributed by atoms with Crippen LogP contribution in [0.5, 0.6) is 0 Å². The van der Waals surface area contributed by atoms with Crippen LogP contribution in [-0.2, 0) is 15.8 Å². The van der Waals surface area contributed by atoms with Crippen LogP contribution in [0.4, 0.5) is 5.69 Å². The minimum Gasteiger partial charge on any atom is -0.691 e. The van der Waals surface area contributed by atoms with Crippen molar-refractivity contribution in [3.8, 4) is 0 Å². The Morgan fingerprint density at radius 2 is 2.06 bits per heavy atom. The van der Waals surface area contributed by atoms with Gasteiger partial charge in [0, 0.05) is 30.6 Å². The van der Waals surface area contributed by atoms with Gasteiger partial charge in [0.05, 0.1) is 12.2 Å². The van der Waals surface area contributed by atoms with Crippen LogP contribution >= 0.6 is 12.0 Å². The van der Waals surface area contributed by atoms with E-state index in [1.165, 1.54) is 17.0 Å². The van der Waals surface area contributed by atoms with Crippen molar-refractivity contribution in [1.82, 2.24) is 0 Å². The van der Waals surface area contributed by atoms with E-state index in [2.05, 4.69) is 39.1 Å². The van der Waals surface area contributed by atoms with Gasteiger partial charge in [-0.25, -0.2) is 0 Å². The molecule has 0 aliphatic carbocycles. The van der Waals surface area contributed by atoms with Crippen molar-refractivity contribution >= 4 is 23.4 Å². The highest BCUT2D eigenvalue weighted by Crippen LogP contribution is 2.25. The summed E-state index contributed by atoms with van der Waals surface area (Å²) < 4.78 is 6.49. The summed E-state index contributed by atoms with van der Waals surface area (Å²) >= 11 is 1.03. The first-order valence-corrected chi connectivity index (χ1v) is 7.00. The number of para-hydroxylation sites is 1. The second-order valence-corrected chi connectivity index (χ2v) is 4.43. The second kappa shape index (κ2) is 8.26. The molecule has 0 bridgehead atoms. The lowest BCUT2D eigenvalue weighted by Crippen LogP contribution is -2.14. The Morgan fingerprint density at radius 3 is 2.78 bits per heavy atom. The number of nitrogens with zero attached hydrogens (tertiary/aromatic N) is 1. The fraction of sp³-hybridized carbons (Fsp3) is 0.462. The number of hydrogen-bond donors (Lipinski definition) is 0. The number of rotatable bonds is 5. The Balaban J connectivity index is 0.000000771. The smallest absolute Gasteiger partial charge is 0.208 e. The molecule has 100 valence electrons. The Hall–Kier alpha value is -0.880. The van der Waals surface area contributed by atoms with Gasteiger partial charge in [-0.3, -0.25) is 5.04 Å². The summed E-state index contributed by atoms with van der Waals surface area (Å²) in [4.78, 5) is 0. The van der Waals surface area contributed by atoms with E-state index >= 15 is 0 Å². The van der Waals surface area contributed by atoms with Gasteiger partial charge in [0.1, 0.15) is 0 Å². The van der Waals surface area contributed by atoms with E-state index in [0.717, 1.165) is 25.0 Å². The summed E-state index contributed by atoms with van der Waals surface area (Å²) in [6.07, 6.45) is 1.000. The molecule has 0 atom stereocenters. The molecular weight excluding hydrogens is 250 g/mol. The molecule has 0 aromatic heterocycles. The molecule has 0 amide bonds. The molecule has 0 N–H and O–H groups in total. The maximum absolute atomic E-state index is 9.63. The van der Waals surface area contributed by atoms with E-state index in [1.807, 2.05) is 19.9 Å². The largest absolute Gasteiger partial charge is 0.691 e. The maximum Gasteiger partial charge on any atom is 0.208 e. The summed E-state index contributed by atoms with van der Waals surface area (Å²) in [5, 5.41) is 12.9. The van der Waals surface area contributed by atoms with Gasteiger partial charge in [0.15, 0.2) is 12.3 Å². The standard InChI is InChI=1S/C11H13NO3S.C2H6/c1-9-8-10-4-2-3-5-11(10)12(9)6-7-16-15-14-13;1-2/h2-5H,6-8H2,1H3;1-2H3. The van der Waals surface area contributed by atoms with Crippen LogP contribution in [0.1, 0.15) is 26.3 Å². The average molecular weight is 269 g/mol. The zero-order valence-electron chi connectivity index (χ0n) is 11.0. The number of fused-ring (bicyclic) bond motifs is 1. The third kappa shape index (κ3) is 3.81. The molecule has 0 saturated heterocycles. The van der Waals surface area contributed by atoms with Crippen LogP contribution < -0.4 is 5.26 Å². The molecule has 1 aromatic carbocycles. The number of hydrogen-bond acceptors (Lipinski definition) is 4. The molecule has 18 heavy (non-hydrogen) atoms. The third-order valence-corrected chi connectivity index (χ3v) is 3.16. The van der Waals surface area contributed by atoms with E-state index < -0.39 is 0 Å². The quantitative estimate of drug-likeness (QED) is 0.270. The average Bonchev–Trinajstić information content (AvgIpc) is 2.73. The molecule has 0 radical (unpaired) electrons. The number of benzene rings is 1. The van der Waals surface area contributed by atoms with Gasteiger partial charge in [0.25, 0.3) is 0 Å². The molecule has 5 heteroatoms. The molecule has 1 aromatic rings. The van der Waals surface area contributed by atoms with E-state index in [-0.39, 0.29) is 0 Å². The van der Waals surface area contributed by atoms with Gasteiger partial charge in [0.2, 0.25) is 5.69 Å². The fourth-order valence-electron chi connectivity index (χ4n) is 1.99. The van der Waals surface area contributed by atoms with Crippen molar-refractivity contribution < 1.29 is 19.2 Å². The van der Waals surface area contributed by atoms with Gasteiger partial charge in [-0.15, -0.1) is 0 Å². The predicted molar refractivity (Wildman–Crippen MR) is 71.6 cm³/mol. The predicted octanol–water partition coefficient (Wildman–Crippen LogP) is 2.25. The maximum atomic E-state index is 9.63. The topological polar surface area (TPSA) is 44.5 Å². The lowest BCUT2D eigenvalue weighted by atomic mass is 10.1. The zero-order chi connectivity index (χ0) is 13.4. The molecule has 0 fully saturated rings. The van der Waals surface area contributed by atoms with E-state index in [4.69, 9.17) is 0 Å². The third-order valence-electron chi connectivity index (χ3n) is 2.66. The van der Waals surface area contributed by atoms with Gasteiger partial charge in [-0.2, -0.15) is 8.91 Å². The van der Waals surface area contributed by atoms with Crippen molar-refractivity contribution in [1.29, 1.82) is 0 Å². The molecule has 4 nitrogen and oxygen atoms in total. The first-order valence-electron chi connectivity index (χ1n) is 6.09. The zero-order valence-corrected chi connectivity index (χ0v) is 11.8. The first-order chi connectivity index (χ1) is 8.83. The van der Waals surface area contributed by atoms with Crippen LogP contribution in [0.25, 0.3) is 0 Å². The molecule has 1 aliphatic rings. The molecule has 0 spiro atoms. The normalized spacial score (nSPS) is 13.1. The van der Waals surface area contributed by atoms with Crippen LogP contribution in [0.2, 0.25) is 0 Å². The summed E-state index contributed by atoms with van der Waals surface area (Å²) in [5.41, 5.74) is 3.93. The van der Waals surface area contributed by atoms with Crippen molar-refractivity contribution in [2.45, 2.75) is 27.2 Å². The van der Waals surface area contributed by atoms with Crippen LogP contribution in [0, 0.1) is 0 Å². The molecular formula is C13H19NO3S. The monoisotopic (exact) mass is 269 g/mol. The second-order valence-electron chi connectivity index (χ2n) is 3.65. The minimum atomic E-state index is 0.688. The molecule has 1 heterocycles. The van der Waals surface area contributed by atoms with Crippen molar-refractivity contribution in [3.63, 3.8) is 0 Å². The Labute approximate surface area is 112 Å². The highest BCUT2D eigenvalue weighted by atomic mass is 32.2. The highest BCUT2D eigenvalue weighted by Gasteiger charge is 2.25. The van der Waals surface area contributed by atoms with E-state index in [9.17, 15) is 5.26 Å². The van der Waals surface area contributed by atoms with Gasteiger partial charge >= 0.3 is 0 Å². The first kappa shape index (κ1) is 15.2. The fourth-order valence-corrected chi connectivity index (χ4v) is 2.36. The van der Waals surface area contributed by atoms with Crippen molar-refractivity contribution in [3.05, 3.63) is 29.8 Å². The van der Waals surface area contributed by atoms with Crippen molar-refractivity contribution in [2.24, 2.45) is 0 Å².